The van der Waals surface area contributed by atoms with Gasteiger partial charge >= 0.3 is 0 Å². The highest BCUT2D eigenvalue weighted by molar-refractivity contribution is 5.47. The van der Waals surface area contributed by atoms with Crippen LogP contribution in [0, 0.1) is 0 Å². The van der Waals surface area contributed by atoms with Gasteiger partial charge < -0.3 is 14.7 Å². The highest BCUT2D eigenvalue weighted by Crippen LogP contribution is 2.18. The number of rotatable bonds is 2. The first-order valence-electron chi connectivity index (χ1n) is 4.04. The quantitative estimate of drug-likeness (QED) is 0.748. The van der Waals surface area contributed by atoms with E-state index in [0.29, 0.717) is 5.76 Å². The Balaban J connectivity index is 2.45. The molecule has 0 spiro atoms. The zero-order chi connectivity index (χ0) is 9.26. The van der Waals surface area contributed by atoms with Crippen LogP contribution in [0.25, 0.3) is 11.6 Å². The third kappa shape index (κ3) is 1.28. The van der Waals surface area contributed by atoms with E-state index in [2.05, 4.69) is 9.97 Å². The first-order chi connectivity index (χ1) is 6.31. The summed E-state index contributed by atoms with van der Waals surface area (Å²) in [5.74, 6) is 1.36. The Bertz CT molecular complexity index is 404. The highest BCUT2D eigenvalue weighted by atomic mass is 16.4. The van der Waals surface area contributed by atoms with Gasteiger partial charge in [-0.05, 0) is 6.92 Å². The van der Waals surface area contributed by atoms with Gasteiger partial charge in [-0.1, -0.05) is 0 Å². The molecule has 0 amide bonds. The van der Waals surface area contributed by atoms with E-state index in [4.69, 9.17) is 10.2 Å². The smallest absolute Gasteiger partial charge is 0.292 e. The lowest BCUT2D eigenvalue weighted by atomic mass is 10.5. The van der Waals surface area contributed by atoms with Crippen molar-refractivity contribution < 1.29 is 4.42 Å². The molecule has 2 aromatic heterocycles. The molecule has 13 heavy (non-hydrogen) atoms. The predicted octanol–water partition coefficient (Wildman–Crippen LogP) is 1.14. The van der Waals surface area contributed by atoms with E-state index in [-0.39, 0.29) is 6.01 Å². The normalized spacial score (nSPS) is 10.5. The number of nitrogens with zero attached hydrogens (tertiary/aromatic N) is 3. The van der Waals surface area contributed by atoms with Crippen LogP contribution in [-0.2, 0) is 6.54 Å². The second kappa shape index (κ2) is 2.93. The van der Waals surface area contributed by atoms with Gasteiger partial charge in [0, 0.05) is 18.9 Å². The summed E-state index contributed by atoms with van der Waals surface area (Å²) in [6.45, 7) is 2.88. The molecule has 0 unspecified atom stereocenters. The fourth-order valence-electron chi connectivity index (χ4n) is 1.18. The van der Waals surface area contributed by atoms with Crippen LogP contribution in [0.4, 0.5) is 6.01 Å². The van der Waals surface area contributed by atoms with Crippen molar-refractivity contribution in [2.75, 3.05) is 5.73 Å². The second-order valence-electron chi connectivity index (χ2n) is 2.60. The van der Waals surface area contributed by atoms with E-state index in [0.717, 1.165) is 12.4 Å². The average molecular weight is 178 g/mol. The van der Waals surface area contributed by atoms with E-state index in [9.17, 15) is 0 Å². The van der Waals surface area contributed by atoms with E-state index < -0.39 is 0 Å². The third-order valence-electron chi connectivity index (χ3n) is 1.80. The summed E-state index contributed by atoms with van der Waals surface area (Å²) in [6, 6.07) is 0.167. The molecule has 0 saturated heterocycles. The van der Waals surface area contributed by atoms with Crippen LogP contribution in [0.15, 0.2) is 23.0 Å². The molecule has 0 fully saturated rings. The van der Waals surface area contributed by atoms with Crippen molar-refractivity contribution >= 4 is 6.01 Å². The van der Waals surface area contributed by atoms with Gasteiger partial charge in [-0.2, -0.15) is 0 Å². The van der Waals surface area contributed by atoms with Crippen LogP contribution in [0.1, 0.15) is 6.92 Å². The number of imidazole rings is 1. The Morgan fingerprint density at radius 2 is 2.38 bits per heavy atom. The first-order valence-corrected chi connectivity index (χ1v) is 4.04. The fourth-order valence-corrected chi connectivity index (χ4v) is 1.18. The zero-order valence-electron chi connectivity index (χ0n) is 7.27. The standard InChI is InChI=1S/C8H10N4O/c1-2-12-4-3-10-7(12)6-5-11-8(9)13-6/h3-5H,2H2,1H3,(H2,9,11). The van der Waals surface area contributed by atoms with Gasteiger partial charge in [0.15, 0.2) is 11.6 Å². The summed E-state index contributed by atoms with van der Waals surface area (Å²) in [6.07, 6.45) is 5.18. The van der Waals surface area contributed by atoms with Gasteiger partial charge in [-0.25, -0.2) is 9.97 Å². The minimum atomic E-state index is 0.167. The van der Waals surface area contributed by atoms with Gasteiger partial charge in [0.05, 0.1) is 6.20 Å². The minimum Gasteiger partial charge on any atom is -0.420 e. The summed E-state index contributed by atoms with van der Waals surface area (Å²) in [5.41, 5.74) is 5.36. The van der Waals surface area contributed by atoms with Crippen LogP contribution in [0.2, 0.25) is 0 Å². The lowest BCUT2D eigenvalue weighted by Gasteiger charge is -1.99. The topological polar surface area (TPSA) is 69.9 Å². The van der Waals surface area contributed by atoms with Gasteiger partial charge in [0.2, 0.25) is 0 Å². The fraction of sp³-hybridized carbons (Fsp3) is 0.250. The number of hydrogen-bond donors (Lipinski definition) is 1. The van der Waals surface area contributed by atoms with Crippen molar-refractivity contribution in [3.63, 3.8) is 0 Å². The van der Waals surface area contributed by atoms with Crippen LogP contribution in [0.5, 0.6) is 0 Å². The molecule has 0 bridgehead atoms. The molecule has 2 rings (SSSR count). The lowest BCUT2D eigenvalue weighted by molar-refractivity contribution is 0.582. The van der Waals surface area contributed by atoms with Crippen molar-refractivity contribution in [3.05, 3.63) is 18.6 Å². The number of aryl methyl sites for hydroxylation is 1. The molecule has 5 heteroatoms. The van der Waals surface area contributed by atoms with Crippen LogP contribution < -0.4 is 5.73 Å². The molecule has 0 aromatic carbocycles. The Kier molecular flexibility index (Phi) is 1.77. The maximum Gasteiger partial charge on any atom is 0.292 e. The Morgan fingerprint density at radius 1 is 1.54 bits per heavy atom. The molecular formula is C8H10N4O. The van der Waals surface area contributed by atoms with Gasteiger partial charge in [0.1, 0.15) is 0 Å². The molecule has 0 aliphatic carbocycles. The number of nitrogens with two attached hydrogens (primary N) is 1. The maximum atomic E-state index is 5.36. The molecule has 2 heterocycles. The molecule has 0 radical (unpaired) electrons. The second-order valence-corrected chi connectivity index (χ2v) is 2.60. The highest BCUT2D eigenvalue weighted by Gasteiger charge is 2.09. The summed E-state index contributed by atoms with van der Waals surface area (Å²) in [7, 11) is 0. The number of aromatic nitrogens is 3. The Labute approximate surface area is 75.2 Å². The molecule has 0 aliphatic rings. The van der Waals surface area contributed by atoms with Crippen LogP contribution in [-0.4, -0.2) is 14.5 Å². The van der Waals surface area contributed by atoms with Crippen molar-refractivity contribution in [3.8, 4) is 11.6 Å². The number of hydrogen-bond acceptors (Lipinski definition) is 4. The Morgan fingerprint density at radius 3 is 3.00 bits per heavy atom. The Hall–Kier alpha value is -1.78. The van der Waals surface area contributed by atoms with Crippen LogP contribution in [0.3, 0.4) is 0 Å². The van der Waals surface area contributed by atoms with Crippen molar-refractivity contribution in [2.45, 2.75) is 13.5 Å². The molecule has 5 nitrogen and oxygen atoms in total. The van der Waals surface area contributed by atoms with Crippen LogP contribution >= 0.6 is 0 Å². The van der Waals surface area contributed by atoms with E-state index in [1.54, 1.807) is 12.4 Å². The van der Waals surface area contributed by atoms with Gasteiger partial charge in [-0.15, -0.1) is 0 Å². The zero-order valence-corrected chi connectivity index (χ0v) is 7.27. The third-order valence-corrected chi connectivity index (χ3v) is 1.80. The molecule has 0 aliphatic heterocycles. The molecule has 2 N–H and O–H groups in total. The number of nitrogen functional groups attached to an aromatic ring is 1. The molecule has 0 saturated carbocycles. The largest absolute Gasteiger partial charge is 0.420 e. The van der Waals surface area contributed by atoms with Crippen molar-refractivity contribution in [1.29, 1.82) is 0 Å². The minimum absolute atomic E-state index is 0.167. The first kappa shape index (κ1) is 7.85. The van der Waals surface area contributed by atoms with Gasteiger partial charge in [0.25, 0.3) is 6.01 Å². The molecule has 68 valence electrons. The molecule has 0 atom stereocenters. The molecule has 2 aromatic rings. The van der Waals surface area contributed by atoms with E-state index >= 15 is 0 Å². The van der Waals surface area contributed by atoms with Crippen molar-refractivity contribution in [2.24, 2.45) is 0 Å². The number of anilines is 1. The SMILES string of the molecule is CCn1ccnc1-c1cnc(N)o1. The summed E-state index contributed by atoms with van der Waals surface area (Å²) < 4.78 is 7.11. The average Bonchev–Trinajstić information content (AvgIpc) is 2.71. The monoisotopic (exact) mass is 178 g/mol. The van der Waals surface area contributed by atoms with Gasteiger partial charge in [-0.3, -0.25) is 0 Å². The summed E-state index contributed by atoms with van der Waals surface area (Å²) in [4.78, 5) is 7.95. The predicted molar refractivity (Wildman–Crippen MR) is 47.8 cm³/mol. The maximum absolute atomic E-state index is 5.36. The summed E-state index contributed by atoms with van der Waals surface area (Å²) in [5, 5.41) is 0. The van der Waals surface area contributed by atoms with Crippen molar-refractivity contribution in [1.82, 2.24) is 14.5 Å². The summed E-state index contributed by atoms with van der Waals surface area (Å²) >= 11 is 0. The van der Waals surface area contributed by atoms with E-state index in [1.807, 2.05) is 17.7 Å². The molecular weight excluding hydrogens is 168 g/mol. The van der Waals surface area contributed by atoms with E-state index in [1.165, 1.54) is 0 Å². The number of oxazole rings is 1. The lowest BCUT2D eigenvalue weighted by Crippen LogP contribution is -1.94.